The summed E-state index contributed by atoms with van der Waals surface area (Å²) >= 11 is 7.63. The summed E-state index contributed by atoms with van der Waals surface area (Å²) in [6.07, 6.45) is 0. The van der Waals surface area contributed by atoms with Gasteiger partial charge in [0.25, 0.3) is 0 Å². The van der Waals surface area contributed by atoms with E-state index in [1.807, 2.05) is 43.4 Å². The highest BCUT2D eigenvalue weighted by Crippen LogP contribution is 2.33. The quantitative estimate of drug-likeness (QED) is 0.672. The number of hydrogen-bond acceptors (Lipinski definition) is 3. The summed E-state index contributed by atoms with van der Waals surface area (Å²) in [6.45, 7) is 0. The fourth-order valence-electron chi connectivity index (χ4n) is 1.79. The molecule has 0 spiro atoms. The molecule has 2 aromatic carbocycles. The summed E-state index contributed by atoms with van der Waals surface area (Å²) in [6, 6.07) is 16.0. The van der Waals surface area contributed by atoms with Gasteiger partial charge >= 0.3 is 0 Å². The van der Waals surface area contributed by atoms with Gasteiger partial charge in [-0.3, -0.25) is 0 Å². The molecule has 0 saturated carbocycles. The molecule has 4 heteroatoms. The van der Waals surface area contributed by atoms with Gasteiger partial charge < -0.3 is 4.90 Å². The van der Waals surface area contributed by atoms with Crippen LogP contribution in [0.2, 0.25) is 5.02 Å². The number of hydrogen-bond donors (Lipinski definition) is 0. The molecule has 3 aromatic rings. The van der Waals surface area contributed by atoms with Gasteiger partial charge in [0, 0.05) is 17.8 Å². The van der Waals surface area contributed by atoms with Crippen LogP contribution in [0.25, 0.3) is 10.2 Å². The van der Waals surface area contributed by atoms with Gasteiger partial charge in [0.15, 0.2) is 5.13 Å². The van der Waals surface area contributed by atoms with Crippen LogP contribution < -0.4 is 4.90 Å². The monoisotopic (exact) mass is 274 g/mol. The zero-order chi connectivity index (χ0) is 12.5. The minimum absolute atomic E-state index is 0.750. The first-order valence-corrected chi connectivity index (χ1v) is 6.78. The standard InChI is InChI=1S/C14H11ClN2S/c1-17(11-5-3-2-4-6-11)14-16-12-8-7-10(15)9-13(12)18-14/h2-9H,1H3. The minimum Gasteiger partial charge on any atom is -0.321 e. The average molecular weight is 275 g/mol. The summed E-state index contributed by atoms with van der Waals surface area (Å²) in [7, 11) is 2.02. The number of fused-ring (bicyclic) bond motifs is 1. The lowest BCUT2D eigenvalue weighted by molar-refractivity contribution is 1.18. The molecule has 0 amide bonds. The SMILES string of the molecule is CN(c1ccccc1)c1nc2ccc(Cl)cc2s1. The van der Waals surface area contributed by atoms with Gasteiger partial charge in [0.2, 0.25) is 0 Å². The molecule has 2 nitrogen and oxygen atoms in total. The van der Waals surface area contributed by atoms with Gasteiger partial charge in [0.05, 0.1) is 10.2 Å². The number of thiazole rings is 1. The lowest BCUT2D eigenvalue weighted by atomic mass is 10.3. The highest BCUT2D eigenvalue weighted by Gasteiger charge is 2.09. The molecule has 0 fully saturated rings. The Morgan fingerprint density at radius 2 is 1.89 bits per heavy atom. The van der Waals surface area contributed by atoms with E-state index in [2.05, 4.69) is 22.0 Å². The number of para-hydroxylation sites is 1. The van der Waals surface area contributed by atoms with Crippen LogP contribution in [-0.2, 0) is 0 Å². The second-order valence-electron chi connectivity index (χ2n) is 4.00. The first-order valence-electron chi connectivity index (χ1n) is 5.59. The highest BCUT2D eigenvalue weighted by atomic mass is 35.5. The van der Waals surface area contributed by atoms with Crippen LogP contribution in [0, 0.1) is 0 Å². The molecule has 3 rings (SSSR count). The van der Waals surface area contributed by atoms with E-state index in [-0.39, 0.29) is 0 Å². The molecule has 0 aliphatic rings. The predicted molar refractivity (Wildman–Crippen MR) is 79.1 cm³/mol. The number of benzene rings is 2. The Bertz CT molecular complexity index is 679. The molecule has 0 aliphatic carbocycles. The Morgan fingerprint density at radius 3 is 2.67 bits per heavy atom. The molecule has 0 atom stereocenters. The van der Waals surface area contributed by atoms with Crippen LogP contribution in [0.4, 0.5) is 10.8 Å². The summed E-state index contributed by atoms with van der Waals surface area (Å²) < 4.78 is 1.11. The Hall–Kier alpha value is -1.58. The van der Waals surface area contributed by atoms with E-state index in [4.69, 9.17) is 11.6 Å². The van der Waals surface area contributed by atoms with Crippen LogP contribution in [-0.4, -0.2) is 12.0 Å². The third-order valence-electron chi connectivity index (χ3n) is 2.77. The number of aromatic nitrogens is 1. The van der Waals surface area contributed by atoms with Crippen molar-refractivity contribution in [3.05, 3.63) is 53.6 Å². The van der Waals surface area contributed by atoms with Gasteiger partial charge in [-0.25, -0.2) is 4.98 Å². The van der Waals surface area contributed by atoms with Crippen molar-refractivity contribution in [2.24, 2.45) is 0 Å². The lowest BCUT2D eigenvalue weighted by Crippen LogP contribution is -2.08. The maximum absolute atomic E-state index is 5.99. The van der Waals surface area contributed by atoms with E-state index in [0.717, 1.165) is 26.1 Å². The fourth-order valence-corrected chi connectivity index (χ4v) is 3.02. The Balaban J connectivity index is 2.04. The first kappa shape index (κ1) is 11.5. The van der Waals surface area contributed by atoms with Crippen molar-refractivity contribution in [2.75, 3.05) is 11.9 Å². The van der Waals surface area contributed by atoms with Crippen LogP contribution in [0.15, 0.2) is 48.5 Å². The molecular formula is C14H11ClN2S. The summed E-state index contributed by atoms with van der Waals surface area (Å²) in [4.78, 5) is 6.70. The van der Waals surface area contributed by atoms with Gasteiger partial charge in [-0.15, -0.1) is 0 Å². The molecule has 0 aliphatic heterocycles. The molecule has 1 heterocycles. The molecule has 0 saturated heterocycles. The Kier molecular flexibility index (Phi) is 2.94. The van der Waals surface area contributed by atoms with E-state index in [1.54, 1.807) is 11.3 Å². The van der Waals surface area contributed by atoms with Crippen LogP contribution >= 0.6 is 22.9 Å². The van der Waals surface area contributed by atoms with Crippen molar-refractivity contribution < 1.29 is 0 Å². The van der Waals surface area contributed by atoms with Crippen molar-refractivity contribution >= 4 is 44.0 Å². The Labute approximate surface area is 114 Å². The van der Waals surface area contributed by atoms with Crippen molar-refractivity contribution in [1.29, 1.82) is 0 Å². The third-order valence-corrected chi connectivity index (χ3v) is 4.10. The molecule has 0 N–H and O–H groups in total. The van der Waals surface area contributed by atoms with E-state index in [0.29, 0.717) is 0 Å². The van der Waals surface area contributed by atoms with Crippen LogP contribution in [0.3, 0.4) is 0 Å². The largest absolute Gasteiger partial charge is 0.321 e. The van der Waals surface area contributed by atoms with Gasteiger partial charge in [-0.2, -0.15) is 0 Å². The van der Waals surface area contributed by atoms with Crippen molar-refractivity contribution in [3.63, 3.8) is 0 Å². The number of anilines is 2. The van der Waals surface area contributed by atoms with E-state index >= 15 is 0 Å². The highest BCUT2D eigenvalue weighted by molar-refractivity contribution is 7.22. The molecule has 0 bridgehead atoms. The number of nitrogens with zero attached hydrogens (tertiary/aromatic N) is 2. The molecule has 0 unspecified atom stereocenters. The average Bonchev–Trinajstić information content (AvgIpc) is 2.81. The van der Waals surface area contributed by atoms with Crippen molar-refractivity contribution in [1.82, 2.24) is 4.98 Å². The third kappa shape index (κ3) is 2.07. The molecule has 0 radical (unpaired) electrons. The van der Waals surface area contributed by atoms with Gasteiger partial charge in [0.1, 0.15) is 0 Å². The van der Waals surface area contributed by atoms with Crippen LogP contribution in [0.1, 0.15) is 0 Å². The lowest BCUT2D eigenvalue weighted by Gasteiger charge is -2.15. The first-order chi connectivity index (χ1) is 8.74. The zero-order valence-electron chi connectivity index (χ0n) is 9.80. The predicted octanol–water partition coefficient (Wildman–Crippen LogP) is 4.72. The van der Waals surface area contributed by atoms with Crippen LogP contribution in [0.5, 0.6) is 0 Å². The smallest absolute Gasteiger partial charge is 0.190 e. The number of rotatable bonds is 2. The second-order valence-corrected chi connectivity index (χ2v) is 5.45. The summed E-state index contributed by atoms with van der Waals surface area (Å²) in [5.41, 5.74) is 2.12. The normalized spacial score (nSPS) is 10.8. The molecular weight excluding hydrogens is 264 g/mol. The second kappa shape index (κ2) is 4.59. The fraction of sp³-hybridized carbons (Fsp3) is 0.0714. The summed E-state index contributed by atoms with van der Waals surface area (Å²) in [5.74, 6) is 0. The maximum atomic E-state index is 5.99. The van der Waals surface area contributed by atoms with Gasteiger partial charge in [-0.05, 0) is 30.3 Å². The molecule has 18 heavy (non-hydrogen) atoms. The molecule has 90 valence electrons. The van der Waals surface area contributed by atoms with E-state index < -0.39 is 0 Å². The van der Waals surface area contributed by atoms with E-state index in [9.17, 15) is 0 Å². The Morgan fingerprint density at radius 1 is 1.11 bits per heavy atom. The molecule has 1 aromatic heterocycles. The van der Waals surface area contributed by atoms with Gasteiger partial charge in [-0.1, -0.05) is 41.1 Å². The summed E-state index contributed by atoms with van der Waals surface area (Å²) in [5, 5.41) is 1.72. The zero-order valence-corrected chi connectivity index (χ0v) is 11.4. The minimum atomic E-state index is 0.750. The number of halogens is 1. The van der Waals surface area contributed by atoms with Crippen molar-refractivity contribution in [3.8, 4) is 0 Å². The maximum Gasteiger partial charge on any atom is 0.190 e. The topological polar surface area (TPSA) is 16.1 Å². The van der Waals surface area contributed by atoms with Crippen molar-refractivity contribution in [2.45, 2.75) is 0 Å². The van der Waals surface area contributed by atoms with E-state index in [1.165, 1.54) is 0 Å².